The Labute approximate surface area is 108 Å². The molecule has 1 N–H and O–H groups in total. The highest BCUT2D eigenvalue weighted by Gasteiger charge is 2.26. The molecule has 2 aromatic carbocycles. The van der Waals surface area contributed by atoms with E-state index >= 15 is 0 Å². The Morgan fingerprint density at radius 1 is 0.944 bits per heavy atom. The average Bonchev–Trinajstić information content (AvgIpc) is 2.68. The maximum Gasteiger partial charge on any atom is 0.123 e. The van der Waals surface area contributed by atoms with Gasteiger partial charge in [0.1, 0.15) is 5.75 Å². The zero-order valence-corrected chi connectivity index (χ0v) is 11.1. The zero-order valence-electron chi connectivity index (χ0n) is 11.1. The maximum absolute atomic E-state index is 10.5. The van der Waals surface area contributed by atoms with Crippen LogP contribution in [-0.2, 0) is 11.8 Å². The zero-order chi connectivity index (χ0) is 12.9. The van der Waals surface area contributed by atoms with Crippen LogP contribution in [0.25, 0.3) is 11.1 Å². The van der Waals surface area contributed by atoms with Crippen LogP contribution in [0.15, 0.2) is 36.4 Å². The van der Waals surface area contributed by atoms with Gasteiger partial charge in [-0.2, -0.15) is 0 Å². The standard InChI is InChI=1S/C17H18O/c1-17(2,3)15-9-8-13-12-7-5-4-6-11(12)10-14(13)16(15)18/h4-9,18H,10H2,1-3H3. The van der Waals surface area contributed by atoms with Gasteiger partial charge in [0.15, 0.2) is 0 Å². The Balaban J connectivity index is 2.22. The third-order valence-electron chi connectivity index (χ3n) is 3.77. The van der Waals surface area contributed by atoms with Gasteiger partial charge in [-0.15, -0.1) is 0 Å². The van der Waals surface area contributed by atoms with E-state index in [1.165, 1.54) is 16.7 Å². The Hall–Kier alpha value is -1.76. The summed E-state index contributed by atoms with van der Waals surface area (Å²) >= 11 is 0. The molecular formula is C17H18O. The van der Waals surface area contributed by atoms with Crippen LogP contribution in [0.4, 0.5) is 0 Å². The molecule has 0 aromatic heterocycles. The van der Waals surface area contributed by atoms with Crippen molar-refractivity contribution in [3.63, 3.8) is 0 Å². The number of rotatable bonds is 0. The first-order valence-corrected chi connectivity index (χ1v) is 6.42. The predicted molar refractivity (Wildman–Crippen MR) is 75.0 cm³/mol. The molecular weight excluding hydrogens is 220 g/mol. The first-order valence-electron chi connectivity index (χ1n) is 6.42. The van der Waals surface area contributed by atoms with E-state index in [1.807, 2.05) is 0 Å². The molecule has 18 heavy (non-hydrogen) atoms. The molecule has 0 spiro atoms. The molecule has 1 nitrogen and oxygen atoms in total. The van der Waals surface area contributed by atoms with E-state index in [0.717, 1.165) is 17.5 Å². The van der Waals surface area contributed by atoms with Gasteiger partial charge in [-0.25, -0.2) is 0 Å². The topological polar surface area (TPSA) is 20.2 Å². The lowest BCUT2D eigenvalue weighted by Crippen LogP contribution is -2.11. The highest BCUT2D eigenvalue weighted by Crippen LogP contribution is 2.44. The van der Waals surface area contributed by atoms with Gasteiger partial charge < -0.3 is 5.11 Å². The number of fused-ring (bicyclic) bond motifs is 3. The van der Waals surface area contributed by atoms with Gasteiger partial charge in [-0.3, -0.25) is 0 Å². The second kappa shape index (κ2) is 3.61. The molecule has 0 heterocycles. The number of hydrogen-bond acceptors (Lipinski definition) is 1. The molecule has 1 aliphatic carbocycles. The minimum absolute atomic E-state index is 0.0200. The second-order valence-corrected chi connectivity index (χ2v) is 6.07. The first kappa shape index (κ1) is 11.3. The first-order chi connectivity index (χ1) is 8.48. The molecule has 0 amide bonds. The van der Waals surface area contributed by atoms with Gasteiger partial charge in [-0.1, -0.05) is 57.2 Å². The summed E-state index contributed by atoms with van der Waals surface area (Å²) in [6, 6.07) is 12.6. The summed E-state index contributed by atoms with van der Waals surface area (Å²) in [5, 5.41) is 10.5. The SMILES string of the molecule is CC(C)(C)c1ccc2c(c1O)Cc1ccccc1-2. The van der Waals surface area contributed by atoms with E-state index in [2.05, 4.69) is 57.2 Å². The van der Waals surface area contributed by atoms with Crippen molar-refractivity contribution >= 4 is 0 Å². The lowest BCUT2D eigenvalue weighted by Gasteiger charge is -2.22. The van der Waals surface area contributed by atoms with Crippen LogP contribution in [-0.4, -0.2) is 5.11 Å². The molecule has 1 aliphatic rings. The van der Waals surface area contributed by atoms with Crippen molar-refractivity contribution in [1.82, 2.24) is 0 Å². The third-order valence-corrected chi connectivity index (χ3v) is 3.77. The van der Waals surface area contributed by atoms with Crippen LogP contribution in [0.3, 0.4) is 0 Å². The third kappa shape index (κ3) is 1.54. The smallest absolute Gasteiger partial charge is 0.123 e. The van der Waals surface area contributed by atoms with Gasteiger partial charge in [0.2, 0.25) is 0 Å². The molecule has 2 aromatic rings. The number of benzene rings is 2. The molecule has 0 unspecified atom stereocenters. The fourth-order valence-corrected chi connectivity index (χ4v) is 2.80. The van der Waals surface area contributed by atoms with E-state index < -0.39 is 0 Å². The summed E-state index contributed by atoms with van der Waals surface area (Å²) in [5.41, 5.74) is 5.87. The van der Waals surface area contributed by atoms with Gasteiger partial charge in [0, 0.05) is 12.0 Å². The van der Waals surface area contributed by atoms with Crippen LogP contribution in [0.5, 0.6) is 5.75 Å². The monoisotopic (exact) mass is 238 g/mol. The number of aromatic hydroxyl groups is 1. The fourth-order valence-electron chi connectivity index (χ4n) is 2.80. The molecule has 0 bridgehead atoms. The van der Waals surface area contributed by atoms with Crippen molar-refractivity contribution in [3.05, 3.63) is 53.1 Å². The predicted octanol–water partition coefficient (Wildman–Crippen LogP) is 4.26. The molecule has 0 saturated heterocycles. The van der Waals surface area contributed by atoms with Crippen LogP contribution in [0, 0.1) is 0 Å². The largest absolute Gasteiger partial charge is 0.507 e. The van der Waals surface area contributed by atoms with Gasteiger partial charge >= 0.3 is 0 Å². The normalized spacial score (nSPS) is 13.3. The minimum atomic E-state index is -0.0200. The average molecular weight is 238 g/mol. The summed E-state index contributed by atoms with van der Waals surface area (Å²) in [6.45, 7) is 6.41. The van der Waals surface area contributed by atoms with E-state index in [9.17, 15) is 5.11 Å². The van der Waals surface area contributed by atoms with Gasteiger partial charge in [0.25, 0.3) is 0 Å². The molecule has 1 heteroatoms. The summed E-state index contributed by atoms with van der Waals surface area (Å²) in [7, 11) is 0. The second-order valence-electron chi connectivity index (χ2n) is 6.07. The van der Waals surface area contributed by atoms with Crippen molar-refractivity contribution in [3.8, 4) is 16.9 Å². The van der Waals surface area contributed by atoms with E-state index in [4.69, 9.17) is 0 Å². The molecule has 0 saturated carbocycles. The molecule has 0 aliphatic heterocycles. The lowest BCUT2D eigenvalue weighted by atomic mass is 9.84. The van der Waals surface area contributed by atoms with Crippen LogP contribution < -0.4 is 0 Å². The van der Waals surface area contributed by atoms with Gasteiger partial charge in [-0.05, 0) is 27.7 Å². The maximum atomic E-state index is 10.5. The van der Waals surface area contributed by atoms with Crippen LogP contribution >= 0.6 is 0 Å². The Morgan fingerprint density at radius 2 is 1.67 bits per heavy atom. The van der Waals surface area contributed by atoms with E-state index in [1.54, 1.807) is 0 Å². The van der Waals surface area contributed by atoms with Crippen LogP contribution in [0.1, 0.15) is 37.5 Å². The summed E-state index contributed by atoms with van der Waals surface area (Å²) < 4.78 is 0. The molecule has 3 rings (SSSR count). The minimum Gasteiger partial charge on any atom is -0.507 e. The van der Waals surface area contributed by atoms with Crippen molar-refractivity contribution in [2.75, 3.05) is 0 Å². The van der Waals surface area contributed by atoms with Crippen molar-refractivity contribution in [2.24, 2.45) is 0 Å². The molecule has 0 radical (unpaired) electrons. The number of hydrogen-bond donors (Lipinski definition) is 1. The Morgan fingerprint density at radius 3 is 2.39 bits per heavy atom. The summed E-state index contributed by atoms with van der Waals surface area (Å²) in [5.74, 6) is 0.483. The lowest BCUT2D eigenvalue weighted by molar-refractivity contribution is 0.442. The Kier molecular flexibility index (Phi) is 2.28. The highest BCUT2D eigenvalue weighted by molar-refractivity contribution is 5.79. The van der Waals surface area contributed by atoms with Crippen molar-refractivity contribution in [2.45, 2.75) is 32.6 Å². The summed E-state index contributed by atoms with van der Waals surface area (Å²) in [6.07, 6.45) is 0.848. The van der Waals surface area contributed by atoms with Crippen molar-refractivity contribution < 1.29 is 5.11 Å². The van der Waals surface area contributed by atoms with E-state index in [-0.39, 0.29) is 5.41 Å². The van der Waals surface area contributed by atoms with Gasteiger partial charge in [0.05, 0.1) is 0 Å². The fraction of sp³-hybridized carbons (Fsp3) is 0.294. The molecule has 0 fully saturated rings. The molecule has 92 valence electrons. The molecule has 0 atom stereocenters. The Bertz CT molecular complexity index is 618. The summed E-state index contributed by atoms with van der Waals surface area (Å²) in [4.78, 5) is 0. The number of phenolic OH excluding ortho intramolecular Hbond substituents is 1. The highest BCUT2D eigenvalue weighted by atomic mass is 16.3. The van der Waals surface area contributed by atoms with E-state index in [0.29, 0.717) is 5.75 Å². The van der Waals surface area contributed by atoms with Crippen LogP contribution in [0.2, 0.25) is 0 Å². The number of phenols is 1. The van der Waals surface area contributed by atoms with Crippen molar-refractivity contribution in [1.29, 1.82) is 0 Å². The quantitative estimate of drug-likeness (QED) is 0.620.